The first-order valence-corrected chi connectivity index (χ1v) is 7.80. The van der Waals surface area contributed by atoms with Crippen LogP contribution >= 0.6 is 11.8 Å². The third-order valence-electron chi connectivity index (χ3n) is 3.20. The number of aliphatic carboxylic acids is 1. The highest BCUT2D eigenvalue weighted by Crippen LogP contribution is 2.29. The molecule has 1 heterocycles. The van der Waals surface area contributed by atoms with Crippen LogP contribution in [0.5, 0.6) is 0 Å². The zero-order valence-corrected chi connectivity index (χ0v) is 12.8. The number of rotatable bonds is 4. The summed E-state index contributed by atoms with van der Waals surface area (Å²) in [5.41, 5.74) is 3.80. The standard InChI is InChI=1S/C17H14N2O2S/c1-11-7-8-14-13(9-11)16(12-5-3-2-4-6-12)19-17(18-14)22-10-15(20)21/h2-9H,10H2,1H3,(H,20,21). The summed E-state index contributed by atoms with van der Waals surface area (Å²) in [4.78, 5) is 19.8. The maximum atomic E-state index is 10.8. The van der Waals surface area contributed by atoms with E-state index in [0.717, 1.165) is 39.5 Å². The highest BCUT2D eigenvalue weighted by molar-refractivity contribution is 7.99. The first kappa shape index (κ1) is 14.5. The van der Waals surface area contributed by atoms with Crippen LogP contribution in [0.15, 0.2) is 53.7 Å². The molecule has 0 amide bonds. The van der Waals surface area contributed by atoms with Gasteiger partial charge in [0.15, 0.2) is 5.16 Å². The van der Waals surface area contributed by atoms with E-state index in [1.807, 2.05) is 49.4 Å². The maximum Gasteiger partial charge on any atom is 0.313 e. The fourth-order valence-electron chi connectivity index (χ4n) is 2.23. The van der Waals surface area contributed by atoms with E-state index in [9.17, 15) is 4.79 Å². The lowest BCUT2D eigenvalue weighted by Gasteiger charge is -2.09. The van der Waals surface area contributed by atoms with Gasteiger partial charge in [0.05, 0.1) is 17.0 Å². The van der Waals surface area contributed by atoms with Gasteiger partial charge >= 0.3 is 5.97 Å². The lowest BCUT2D eigenvalue weighted by atomic mass is 10.1. The summed E-state index contributed by atoms with van der Waals surface area (Å²) < 4.78 is 0. The number of nitrogens with zero attached hydrogens (tertiary/aromatic N) is 2. The number of thioether (sulfide) groups is 1. The molecule has 2 aromatic carbocycles. The quantitative estimate of drug-likeness (QED) is 0.587. The van der Waals surface area contributed by atoms with Crippen LogP contribution in [0.25, 0.3) is 22.2 Å². The zero-order chi connectivity index (χ0) is 15.5. The van der Waals surface area contributed by atoms with Gasteiger partial charge in [0.2, 0.25) is 0 Å². The third-order valence-corrected chi connectivity index (χ3v) is 4.03. The Balaban J connectivity index is 2.17. The van der Waals surface area contributed by atoms with E-state index in [1.165, 1.54) is 0 Å². The Kier molecular flexibility index (Phi) is 4.06. The van der Waals surface area contributed by atoms with E-state index in [-0.39, 0.29) is 5.75 Å². The number of carbonyl (C=O) groups is 1. The molecule has 3 rings (SSSR count). The van der Waals surface area contributed by atoms with Gasteiger partial charge in [0, 0.05) is 10.9 Å². The van der Waals surface area contributed by atoms with E-state index >= 15 is 0 Å². The summed E-state index contributed by atoms with van der Waals surface area (Å²) in [5, 5.41) is 10.3. The van der Waals surface area contributed by atoms with Crippen LogP contribution in [0, 0.1) is 6.92 Å². The van der Waals surface area contributed by atoms with Gasteiger partial charge in [-0.2, -0.15) is 0 Å². The van der Waals surface area contributed by atoms with Crippen molar-refractivity contribution in [1.29, 1.82) is 0 Å². The number of hydrogen-bond acceptors (Lipinski definition) is 4. The molecule has 1 aromatic heterocycles. The Morgan fingerprint density at radius 1 is 1.14 bits per heavy atom. The molecule has 0 aliphatic carbocycles. The molecule has 3 aromatic rings. The second-order valence-electron chi connectivity index (χ2n) is 4.92. The monoisotopic (exact) mass is 310 g/mol. The third kappa shape index (κ3) is 3.09. The summed E-state index contributed by atoms with van der Waals surface area (Å²) >= 11 is 1.13. The molecule has 0 aliphatic heterocycles. The Morgan fingerprint density at radius 2 is 1.91 bits per heavy atom. The SMILES string of the molecule is Cc1ccc2nc(SCC(=O)O)nc(-c3ccccc3)c2c1. The van der Waals surface area contributed by atoms with Gasteiger partial charge in [-0.15, -0.1) is 0 Å². The Hall–Kier alpha value is -2.40. The van der Waals surface area contributed by atoms with Crippen LogP contribution in [0.1, 0.15) is 5.56 Å². The molecule has 0 spiro atoms. The largest absolute Gasteiger partial charge is 0.481 e. The van der Waals surface area contributed by atoms with Gasteiger partial charge in [-0.3, -0.25) is 4.79 Å². The predicted octanol–water partition coefficient (Wildman–Crippen LogP) is 3.78. The molecule has 0 saturated carbocycles. The number of hydrogen-bond donors (Lipinski definition) is 1. The number of benzene rings is 2. The first-order valence-electron chi connectivity index (χ1n) is 6.82. The molecule has 1 N–H and O–H groups in total. The van der Waals surface area contributed by atoms with Crippen molar-refractivity contribution in [2.75, 3.05) is 5.75 Å². The van der Waals surface area contributed by atoms with Crippen molar-refractivity contribution in [2.24, 2.45) is 0 Å². The van der Waals surface area contributed by atoms with E-state index in [1.54, 1.807) is 0 Å². The molecule has 0 aliphatic rings. The summed E-state index contributed by atoms with van der Waals surface area (Å²) in [6.45, 7) is 2.03. The van der Waals surface area contributed by atoms with Crippen LogP contribution in [0.4, 0.5) is 0 Å². The molecule has 0 saturated heterocycles. The van der Waals surface area contributed by atoms with Crippen molar-refractivity contribution in [3.63, 3.8) is 0 Å². The van der Waals surface area contributed by atoms with Gasteiger partial charge in [-0.25, -0.2) is 9.97 Å². The lowest BCUT2D eigenvalue weighted by molar-refractivity contribution is -0.133. The Bertz CT molecular complexity index is 835. The molecule has 0 fully saturated rings. The molecular weight excluding hydrogens is 296 g/mol. The van der Waals surface area contributed by atoms with Gasteiger partial charge < -0.3 is 5.11 Å². The molecule has 0 atom stereocenters. The smallest absolute Gasteiger partial charge is 0.313 e. The van der Waals surface area contributed by atoms with Crippen LogP contribution in [0.2, 0.25) is 0 Å². The number of aryl methyl sites for hydroxylation is 1. The van der Waals surface area contributed by atoms with Crippen molar-refractivity contribution in [3.8, 4) is 11.3 Å². The minimum atomic E-state index is -0.876. The average molecular weight is 310 g/mol. The molecule has 110 valence electrons. The van der Waals surface area contributed by atoms with Crippen molar-refractivity contribution in [3.05, 3.63) is 54.1 Å². The molecule has 0 bridgehead atoms. The highest BCUT2D eigenvalue weighted by Gasteiger charge is 2.11. The van der Waals surface area contributed by atoms with Gasteiger partial charge in [-0.1, -0.05) is 53.7 Å². The Labute approximate surface area is 132 Å². The normalized spacial score (nSPS) is 10.8. The molecule has 5 heteroatoms. The maximum absolute atomic E-state index is 10.8. The number of carboxylic acids is 1. The average Bonchev–Trinajstić information content (AvgIpc) is 2.53. The van der Waals surface area contributed by atoms with Crippen LogP contribution < -0.4 is 0 Å². The molecule has 0 radical (unpaired) electrons. The molecular formula is C17H14N2O2S. The first-order chi connectivity index (χ1) is 10.6. The van der Waals surface area contributed by atoms with Crippen molar-refractivity contribution >= 4 is 28.6 Å². The number of carboxylic acid groups (broad SMARTS) is 1. The van der Waals surface area contributed by atoms with E-state index < -0.39 is 5.97 Å². The predicted molar refractivity (Wildman–Crippen MR) is 88.1 cm³/mol. The summed E-state index contributed by atoms with van der Waals surface area (Å²) in [5.74, 6) is -0.926. The number of fused-ring (bicyclic) bond motifs is 1. The van der Waals surface area contributed by atoms with Crippen LogP contribution in [0.3, 0.4) is 0 Å². The van der Waals surface area contributed by atoms with E-state index in [0.29, 0.717) is 5.16 Å². The zero-order valence-electron chi connectivity index (χ0n) is 12.0. The fourth-order valence-corrected chi connectivity index (χ4v) is 2.80. The van der Waals surface area contributed by atoms with Crippen molar-refractivity contribution < 1.29 is 9.90 Å². The number of aromatic nitrogens is 2. The van der Waals surface area contributed by atoms with Gasteiger partial charge in [-0.05, 0) is 19.1 Å². The second-order valence-corrected chi connectivity index (χ2v) is 5.87. The second kappa shape index (κ2) is 6.15. The van der Waals surface area contributed by atoms with E-state index in [4.69, 9.17) is 5.11 Å². The van der Waals surface area contributed by atoms with Gasteiger partial charge in [0.25, 0.3) is 0 Å². The van der Waals surface area contributed by atoms with Crippen molar-refractivity contribution in [2.45, 2.75) is 12.1 Å². The summed E-state index contributed by atoms with van der Waals surface area (Å²) in [6, 6.07) is 15.9. The Morgan fingerprint density at radius 3 is 2.64 bits per heavy atom. The van der Waals surface area contributed by atoms with Crippen LogP contribution in [-0.4, -0.2) is 26.8 Å². The van der Waals surface area contributed by atoms with Crippen LogP contribution in [-0.2, 0) is 4.79 Å². The minimum absolute atomic E-state index is 0.0500. The minimum Gasteiger partial charge on any atom is -0.481 e. The molecule has 4 nitrogen and oxygen atoms in total. The van der Waals surface area contributed by atoms with Crippen molar-refractivity contribution in [1.82, 2.24) is 9.97 Å². The van der Waals surface area contributed by atoms with E-state index in [2.05, 4.69) is 16.0 Å². The molecule has 22 heavy (non-hydrogen) atoms. The topological polar surface area (TPSA) is 63.1 Å². The van der Waals surface area contributed by atoms with Gasteiger partial charge in [0.1, 0.15) is 0 Å². The highest BCUT2D eigenvalue weighted by atomic mass is 32.2. The fraction of sp³-hybridized carbons (Fsp3) is 0.118. The summed E-state index contributed by atoms with van der Waals surface area (Å²) in [6.07, 6.45) is 0. The lowest BCUT2D eigenvalue weighted by Crippen LogP contribution is -2.00. The summed E-state index contributed by atoms with van der Waals surface area (Å²) in [7, 11) is 0. The molecule has 0 unspecified atom stereocenters.